The lowest BCUT2D eigenvalue weighted by Crippen LogP contribution is -2.10. The summed E-state index contributed by atoms with van der Waals surface area (Å²) in [6.45, 7) is 2.55. The van der Waals surface area contributed by atoms with E-state index in [1.807, 2.05) is 31.2 Å². The third kappa shape index (κ3) is 3.73. The van der Waals surface area contributed by atoms with Crippen LogP contribution in [0.1, 0.15) is 16.7 Å². The standard InChI is InChI=1S/C15H15F3N2/c1-11-4-2-3-5-12(11)6-8-19-14-10-13(7-9-20-14)15(16,17)18/h2-5,7,9-10H,6,8H2,1H3,(H,19,20). The molecule has 1 aromatic heterocycles. The Balaban J connectivity index is 1.97. The molecule has 0 atom stereocenters. The number of rotatable bonds is 4. The SMILES string of the molecule is Cc1ccccc1CCNc1cc(C(F)(F)F)ccn1. The Morgan fingerprint density at radius 2 is 1.90 bits per heavy atom. The summed E-state index contributed by atoms with van der Waals surface area (Å²) in [4.78, 5) is 3.90. The van der Waals surface area contributed by atoms with E-state index in [1.54, 1.807) is 0 Å². The fourth-order valence-electron chi connectivity index (χ4n) is 1.92. The average Bonchev–Trinajstić information content (AvgIpc) is 2.40. The Morgan fingerprint density at radius 3 is 2.60 bits per heavy atom. The number of aromatic nitrogens is 1. The van der Waals surface area contributed by atoms with Gasteiger partial charge in [-0.15, -0.1) is 0 Å². The van der Waals surface area contributed by atoms with Gasteiger partial charge >= 0.3 is 6.18 Å². The van der Waals surface area contributed by atoms with Gasteiger partial charge in [0, 0.05) is 12.7 Å². The topological polar surface area (TPSA) is 24.9 Å². The van der Waals surface area contributed by atoms with E-state index >= 15 is 0 Å². The van der Waals surface area contributed by atoms with Crippen molar-refractivity contribution in [2.24, 2.45) is 0 Å². The minimum Gasteiger partial charge on any atom is -0.370 e. The molecule has 1 heterocycles. The van der Waals surface area contributed by atoms with E-state index < -0.39 is 11.7 Å². The molecule has 0 aliphatic carbocycles. The van der Waals surface area contributed by atoms with Crippen LogP contribution in [-0.2, 0) is 12.6 Å². The van der Waals surface area contributed by atoms with Gasteiger partial charge in [0.2, 0.25) is 0 Å². The predicted molar refractivity (Wildman–Crippen MR) is 72.6 cm³/mol. The van der Waals surface area contributed by atoms with Crippen molar-refractivity contribution < 1.29 is 13.2 Å². The molecule has 0 amide bonds. The molecular weight excluding hydrogens is 265 g/mol. The van der Waals surface area contributed by atoms with Crippen LogP contribution in [0.2, 0.25) is 0 Å². The summed E-state index contributed by atoms with van der Waals surface area (Å²) in [7, 11) is 0. The first-order valence-corrected chi connectivity index (χ1v) is 6.28. The largest absolute Gasteiger partial charge is 0.416 e. The Bertz CT molecular complexity index is 579. The molecule has 0 radical (unpaired) electrons. The number of anilines is 1. The van der Waals surface area contributed by atoms with Gasteiger partial charge < -0.3 is 5.32 Å². The number of alkyl halides is 3. The number of benzene rings is 1. The number of pyridine rings is 1. The van der Waals surface area contributed by atoms with Crippen molar-refractivity contribution in [3.8, 4) is 0 Å². The predicted octanol–water partition coefficient (Wildman–Crippen LogP) is 4.06. The Hall–Kier alpha value is -2.04. The van der Waals surface area contributed by atoms with Crippen molar-refractivity contribution >= 4 is 5.82 Å². The molecule has 0 saturated carbocycles. The molecule has 0 aliphatic heterocycles. The molecule has 0 spiro atoms. The van der Waals surface area contributed by atoms with E-state index in [1.165, 1.54) is 17.3 Å². The van der Waals surface area contributed by atoms with Crippen molar-refractivity contribution in [1.29, 1.82) is 0 Å². The molecule has 2 rings (SSSR count). The van der Waals surface area contributed by atoms with Crippen LogP contribution in [0.3, 0.4) is 0 Å². The van der Waals surface area contributed by atoms with Gasteiger partial charge in [0.05, 0.1) is 5.56 Å². The fraction of sp³-hybridized carbons (Fsp3) is 0.267. The molecule has 0 aliphatic rings. The highest BCUT2D eigenvalue weighted by Gasteiger charge is 2.30. The van der Waals surface area contributed by atoms with Crippen LogP contribution in [-0.4, -0.2) is 11.5 Å². The van der Waals surface area contributed by atoms with E-state index in [0.29, 0.717) is 6.54 Å². The summed E-state index contributed by atoms with van der Waals surface area (Å²) in [5.74, 6) is 0.244. The summed E-state index contributed by atoms with van der Waals surface area (Å²) in [6.07, 6.45) is -2.43. The van der Waals surface area contributed by atoms with Gasteiger partial charge in [-0.3, -0.25) is 0 Å². The molecule has 2 nitrogen and oxygen atoms in total. The number of hydrogen-bond acceptors (Lipinski definition) is 2. The quantitative estimate of drug-likeness (QED) is 0.913. The number of nitrogens with zero attached hydrogens (tertiary/aromatic N) is 1. The Labute approximate surface area is 115 Å². The smallest absolute Gasteiger partial charge is 0.370 e. The van der Waals surface area contributed by atoms with E-state index in [-0.39, 0.29) is 5.82 Å². The highest BCUT2D eigenvalue weighted by molar-refractivity contribution is 5.39. The first kappa shape index (κ1) is 14.4. The third-order valence-corrected chi connectivity index (χ3v) is 3.05. The fourth-order valence-corrected chi connectivity index (χ4v) is 1.92. The molecule has 0 bridgehead atoms. The average molecular weight is 280 g/mol. The molecule has 106 valence electrons. The normalized spacial score (nSPS) is 11.4. The number of aryl methyl sites for hydroxylation is 1. The second-order valence-corrected chi connectivity index (χ2v) is 4.53. The van der Waals surface area contributed by atoms with Crippen LogP contribution in [0, 0.1) is 6.92 Å². The second kappa shape index (κ2) is 5.94. The highest BCUT2D eigenvalue weighted by Crippen LogP contribution is 2.29. The molecule has 2 aromatic rings. The van der Waals surface area contributed by atoms with Gasteiger partial charge in [-0.25, -0.2) is 4.98 Å². The summed E-state index contributed by atoms with van der Waals surface area (Å²) in [6, 6.07) is 9.92. The van der Waals surface area contributed by atoms with Crippen molar-refractivity contribution in [3.05, 3.63) is 59.3 Å². The number of nitrogens with one attached hydrogen (secondary N) is 1. The maximum absolute atomic E-state index is 12.6. The lowest BCUT2D eigenvalue weighted by Gasteiger charge is -2.10. The van der Waals surface area contributed by atoms with Gasteiger partial charge in [0.1, 0.15) is 5.82 Å². The van der Waals surface area contributed by atoms with Crippen LogP contribution in [0.4, 0.5) is 19.0 Å². The van der Waals surface area contributed by atoms with Gasteiger partial charge in [-0.2, -0.15) is 13.2 Å². The number of hydrogen-bond donors (Lipinski definition) is 1. The molecule has 0 saturated heterocycles. The zero-order valence-corrected chi connectivity index (χ0v) is 11.0. The highest BCUT2D eigenvalue weighted by atomic mass is 19.4. The van der Waals surface area contributed by atoms with Crippen molar-refractivity contribution in [1.82, 2.24) is 4.98 Å². The monoisotopic (exact) mass is 280 g/mol. The zero-order valence-electron chi connectivity index (χ0n) is 11.0. The third-order valence-electron chi connectivity index (χ3n) is 3.05. The Kier molecular flexibility index (Phi) is 4.27. The molecule has 0 fully saturated rings. The van der Waals surface area contributed by atoms with Gasteiger partial charge in [-0.05, 0) is 36.6 Å². The molecular formula is C15H15F3N2. The molecule has 20 heavy (non-hydrogen) atoms. The lowest BCUT2D eigenvalue weighted by molar-refractivity contribution is -0.137. The van der Waals surface area contributed by atoms with E-state index in [4.69, 9.17) is 0 Å². The molecule has 1 N–H and O–H groups in total. The molecule has 0 unspecified atom stereocenters. The van der Waals surface area contributed by atoms with Crippen molar-refractivity contribution in [3.63, 3.8) is 0 Å². The maximum atomic E-state index is 12.6. The van der Waals surface area contributed by atoms with Crippen LogP contribution >= 0.6 is 0 Å². The van der Waals surface area contributed by atoms with E-state index in [2.05, 4.69) is 10.3 Å². The van der Waals surface area contributed by atoms with Crippen molar-refractivity contribution in [2.75, 3.05) is 11.9 Å². The van der Waals surface area contributed by atoms with E-state index in [0.717, 1.165) is 18.6 Å². The lowest BCUT2D eigenvalue weighted by atomic mass is 10.1. The number of halogens is 3. The molecule has 1 aromatic carbocycles. The minimum atomic E-state index is -4.34. The minimum absolute atomic E-state index is 0.244. The van der Waals surface area contributed by atoms with Gasteiger partial charge in [0.15, 0.2) is 0 Å². The second-order valence-electron chi connectivity index (χ2n) is 4.53. The summed E-state index contributed by atoms with van der Waals surface area (Å²) >= 11 is 0. The molecule has 5 heteroatoms. The van der Waals surface area contributed by atoms with Crippen molar-refractivity contribution in [2.45, 2.75) is 19.5 Å². The maximum Gasteiger partial charge on any atom is 0.416 e. The summed E-state index contributed by atoms with van der Waals surface area (Å²) in [5.41, 5.74) is 1.66. The first-order chi connectivity index (χ1) is 9.47. The van der Waals surface area contributed by atoms with Crippen LogP contribution in [0.15, 0.2) is 42.6 Å². The van der Waals surface area contributed by atoms with Crippen LogP contribution < -0.4 is 5.32 Å². The summed E-state index contributed by atoms with van der Waals surface area (Å²) < 4.78 is 37.7. The van der Waals surface area contributed by atoms with Gasteiger partial charge in [0.25, 0.3) is 0 Å². The Morgan fingerprint density at radius 1 is 1.15 bits per heavy atom. The van der Waals surface area contributed by atoms with Gasteiger partial charge in [-0.1, -0.05) is 24.3 Å². The van der Waals surface area contributed by atoms with Crippen LogP contribution in [0.5, 0.6) is 0 Å². The summed E-state index contributed by atoms with van der Waals surface area (Å²) in [5, 5.41) is 2.92. The first-order valence-electron chi connectivity index (χ1n) is 6.28. The van der Waals surface area contributed by atoms with E-state index in [9.17, 15) is 13.2 Å². The van der Waals surface area contributed by atoms with Crippen LogP contribution in [0.25, 0.3) is 0 Å². The zero-order chi connectivity index (χ0) is 14.6.